The van der Waals surface area contributed by atoms with Crippen molar-refractivity contribution < 1.29 is 14.6 Å². The van der Waals surface area contributed by atoms with E-state index in [1.165, 1.54) is 16.8 Å². The van der Waals surface area contributed by atoms with Crippen molar-refractivity contribution in [1.82, 2.24) is 9.55 Å². The Morgan fingerprint density at radius 3 is 1.86 bits per heavy atom. The molecule has 4 aromatic rings. The number of benzene rings is 3. The zero-order valence-corrected chi connectivity index (χ0v) is 19.0. The molecule has 7 nitrogen and oxygen atoms in total. The first kappa shape index (κ1) is 23.0. The molecule has 3 atom stereocenters. The molecule has 5 rings (SSSR count). The molecule has 0 bridgehead atoms. The Morgan fingerprint density at radius 2 is 1.37 bits per heavy atom. The van der Waals surface area contributed by atoms with Gasteiger partial charge >= 0.3 is 5.69 Å². The zero-order valence-electron chi connectivity index (χ0n) is 19.0. The first-order valence-electron chi connectivity index (χ1n) is 11.5. The fourth-order valence-electron chi connectivity index (χ4n) is 4.72. The predicted molar refractivity (Wildman–Crippen MR) is 131 cm³/mol. The molecule has 0 radical (unpaired) electrons. The summed E-state index contributed by atoms with van der Waals surface area (Å²) in [5.74, 6) is 0. The second kappa shape index (κ2) is 9.84. The Morgan fingerprint density at radius 1 is 0.857 bits per heavy atom. The highest BCUT2D eigenvalue weighted by molar-refractivity contribution is 5.47. The maximum Gasteiger partial charge on any atom is 0.328 e. The summed E-state index contributed by atoms with van der Waals surface area (Å²) in [6.45, 7) is 0.199. The quantitative estimate of drug-likeness (QED) is 0.405. The standard InChI is InChI=1S/C28H26N2O5/c31-25-16-17-30(27(33)29-25)23-18-34-24(26(23)32)19-35-28(20-10-4-1-5-11-20,21-12-6-2-7-13-21)22-14-8-3-9-15-22/h1-17,23-24,26,32H,18-19H2,(H,29,31,33)/t23-,24-,26+/m0/s1. The molecule has 0 unspecified atom stereocenters. The van der Waals surface area contributed by atoms with Crippen LogP contribution in [-0.2, 0) is 15.1 Å². The van der Waals surface area contributed by atoms with Crippen LogP contribution in [0.15, 0.2) is 113 Å². The number of nitrogens with one attached hydrogen (secondary N) is 1. The first-order valence-corrected chi connectivity index (χ1v) is 11.5. The molecule has 35 heavy (non-hydrogen) atoms. The normalized spacial score (nSPS) is 20.1. The first-order chi connectivity index (χ1) is 17.1. The summed E-state index contributed by atoms with van der Waals surface area (Å²) in [5, 5.41) is 11.0. The van der Waals surface area contributed by atoms with Crippen LogP contribution in [0.25, 0.3) is 0 Å². The molecule has 1 aromatic heterocycles. The Hall–Kier alpha value is -3.78. The second-order valence-electron chi connectivity index (χ2n) is 8.54. The molecule has 2 N–H and O–H groups in total. The minimum absolute atomic E-state index is 0.0778. The molecule has 2 heterocycles. The number of aromatic nitrogens is 2. The molecule has 3 aromatic carbocycles. The van der Waals surface area contributed by atoms with Gasteiger partial charge in [-0.15, -0.1) is 0 Å². The summed E-state index contributed by atoms with van der Waals surface area (Å²) in [7, 11) is 0. The van der Waals surface area contributed by atoms with Gasteiger partial charge in [0.25, 0.3) is 5.56 Å². The molecule has 7 heteroatoms. The summed E-state index contributed by atoms with van der Waals surface area (Å²) < 4.78 is 13.9. The summed E-state index contributed by atoms with van der Waals surface area (Å²) in [5.41, 5.74) is 0.812. The molecule has 1 aliphatic rings. The van der Waals surface area contributed by atoms with Crippen molar-refractivity contribution in [2.45, 2.75) is 23.9 Å². The SMILES string of the molecule is O=c1ccn([C@H]2CO[C@@H](COC(c3ccccc3)(c3ccccc3)c3ccccc3)[C@@H]2O)c(=O)[nH]1. The number of H-pyrrole nitrogens is 1. The van der Waals surface area contributed by atoms with Crippen LogP contribution in [-0.4, -0.2) is 40.1 Å². The highest BCUT2D eigenvalue weighted by atomic mass is 16.6. The number of hydrogen-bond acceptors (Lipinski definition) is 5. The van der Waals surface area contributed by atoms with Gasteiger partial charge in [-0.2, -0.15) is 0 Å². The third-order valence-corrected chi connectivity index (χ3v) is 6.47. The lowest BCUT2D eigenvalue weighted by molar-refractivity contribution is -0.0705. The van der Waals surface area contributed by atoms with Crippen LogP contribution in [0.4, 0.5) is 0 Å². The van der Waals surface area contributed by atoms with Crippen molar-refractivity contribution in [3.05, 3.63) is 141 Å². The van der Waals surface area contributed by atoms with Gasteiger partial charge in [-0.05, 0) is 16.7 Å². The molecule has 0 spiro atoms. The third-order valence-electron chi connectivity index (χ3n) is 6.47. The van der Waals surface area contributed by atoms with Gasteiger partial charge in [0.1, 0.15) is 17.8 Å². The molecule has 1 fully saturated rings. The van der Waals surface area contributed by atoms with Gasteiger partial charge in [-0.25, -0.2) is 4.79 Å². The van der Waals surface area contributed by atoms with Gasteiger partial charge in [-0.3, -0.25) is 14.3 Å². The molecule has 1 aliphatic heterocycles. The predicted octanol–water partition coefficient (Wildman–Crippen LogP) is 2.85. The van der Waals surface area contributed by atoms with Crippen LogP contribution >= 0.6 is 0 Å². The lowest BCUT2D eigenvalue weighted by Gasteiger charge is -2.37. The molecule has 1 saturated heterocycles. The van der Waals surface area contributed by atoms with Crippen LogP contribution in [0, 0.1) is 0 Å². The minimum atomic E-state index is -1.00. The summed E-state index contributed by atoms with van der Waals surface area (Å²) in [6.07, 6.45) is -0.294. The van der Waals surface area contributed by atoms with E-state index >= 15 is 0 Å². The average Bonchev–Trinajstić information content (AvgIpc) is 3.26. The number of aliphatic hydroxyl groups is 1. The minimum Gasteiger partial charge on any atom is -0.388 e. The molecule has 0 saturated carbocycles. The van der Waals surface area contributed by atoms with Gasteiger partial charge in [-0.1, -0.05) is 91.0 Å². The molecular formula is C28H26N2O5. The summed E-state index contributed by atoms with van der Waals surface area (Å²) in [6, 6.07) is 30.5. The average molecular weight is 471 g/mol. The van der Waals surface area contributed by atoms with E-state index in [1.807, 2.05) is 91.0 Å². The van der Waals surface area contributed by atoms with Crippen LogP contribution in [0.2, 0.25) is 0 Å². The molecular weight excluding hydrogens is 444 g/mol. The van der Waals surface area contributed by atoms with Gasteiger partial charge in [0.2, 0.25) is 0 Å². The van der Waals surface area contributed by atoms with Crippen LogP contribution in [0.1, 0.15) is 22.7 Å². The van der Waals surface area contributed by atoms with Gasteiger partial charge in [0.15, 0.2) is 0 Å². The van der Waals surface area contributed by atoms with E-state index < -0.39 is 35.1 Å². The van der Waals surface area contributed by atoms with Crippen molar-refractivity contribution in [2.24, 2.45) is 0 Å². The van der Waals surface area contributed by atoms with Gasteiger partial charge in [0.05, 0.1) is 19.3 Å². The van der Waals surface area contributed by atoms with Crippen molar-refractivity contribution in [3.63, 3.8) is 0 Å². The van der Waals surface area contributed by atoms with Crippen LogP contribution in [0.5, 0.6) is 0 Å². The fourth-order valence-corrected chi connectivity index (χ4v) is 4.72. The zero-order chi connectivity index (χ0) is 24.3. The van der Waals surface area contributed by atoms with E-state index in [-0.39, 0.29) is 13.2 Å². The van der Waals surface area contributed by atoms with E-state index in [4.69, 9.17) is 9.47 Å². The van der Waals surface area contributed by atoms with E-state index in [0.717, 1.165) is 16.7 Å². The van der Waals surface area contributed by atoms with Crippen molar-refractivity contribution in [1.29, 1.82) is 0 Å². The fraction of sp³-hybridized carbons (Fsp3) is 0.214. The highest BCUT2D eigenvalue weighted by Gasteiger charge is 2.42. The second-order valence-corrected chi connectivity index (χ2v) is 8.54. The van der Waals surface area contributed by atoms with Gasteiger partial charge < -0.3 is 14.6 Å². The lowest BCUT2D eigenvalue weighted by atomic mass is 9.80. The largest absolute Gasteiger partial charge is 0.388 e. The van der Waals surface area contributed by atoms with Crippen LogP contribution < -0.4 is 11.2 Å². The number of aromatic amines is 1. The van der Waals surface area contributed by atoms with Gasteiger partial charge in [0, 0.05) is 12.3 Å². The lowest BCUT2D eigenvalue weighted by Crippen LogP contribution is -2.41. The van der Waals surface area contributed by atoms with Crippen molar-refractivity contribution >= 4 is 0 Å². The maximum atomic E-state index is 12.3. The third kappa shape index (κ3) is 4.37. The van der Waals surface area contributed by atoms with Crippen molar-refractivity contribution in [2.75, 3.05) is 13.2 Å². The Labute approximate surface area is 202 Å². The Bertz CT molecular complexity index is 1270. The number of rotatable bonds is 7. The van der Waals surface area contributed by atoms with Crippen molar-refractivity contribution in [3.8, 4) is 0 Å². The van der Waals surface area contributed by atoms with E-state index in [1.54, 1.807) is 0 Å². The van der Waals surface area contributed by atoms with E-state index in [9.17, 15) is 14.7 Å². The Kier molecular flexibility index (Phi) is 6.46. The topological polar surface area (TPSA) is 93.5 Å². The molecule has 0 aliphatic carbocycles. The number of ether oxygens (including phenoxy) is 2. The van der Waals surface area contributed by atoms with Crippen LogP contribution in [0.3, 0.4) is 0 Å². The summed E-state index contributed by atoms with van der Waals surface area (Å²) in [4.78, 5) is 25.9. The monoisotopic (exact) mass is 470 g/mol. The number of nitrogens with zero attached hydrogens (tertiary/aromatic N) is 1. The number of hydrogen-bond donors (Lipinski definition) is 2. The van der Waals surface area contributed by atoms with E-state index in [0.29, 0.717) is 0 Å². The highest BCUT2D eigenvalue weighted by Crippen LogP contribution is 2.41. The van der Waals surface area contributed by atoms with E-state index in [2.05, 4.69) is 4.98 Å². The number of aliphatic hydroxyl groups excluding tert-OH is 1. The summed E-state index contributed by atoms with van der Waals surface area (Å²) >= 11 is 0. The Balaban J connectivity index is 1.50. The molecule has 178 valence electrons. The maximum absolute atomic E-state index is 12.3. The molecule has 0 amide bonds. The smallest absolute Gasteiger partial charge is 0.328 e.